The molecular formula is C24H22N4O. The van der Waals surface area contributed by atoms with Crippen molar-refractivity contribution in [3.8, 4) is 5.69 Å². The van der Waals surface area contributed by atoms with Gasteiger partial charge in [-0.2, -0.15) is 5.10 Å². The number of anilines is 1. The summed E-state index contributed by atoms with van der Waals surface area (Å²) >= 11 is 0. The van der Waals surface area contributed by atoms with Crippen LogP contribution in [0.15, 0.2) is 82.7 Å². The lowest BCUT2D eigenvalue weighted by molar-refractivity contribution is 0.951. The van der Waals surface area contributed by atoms with Crippen molar-refractivity contribution in [1.29, 1.82) is 0 Å². The summed E-state index contributed by atoms with van der Waals surface area (Å²) < 4.78 is 1.58. The SMILES string of the molecule is CCc1cccc(-n2c(N/N=C/c3ccc(C)cc3)nc3ccccc3c2=O)c1. The molecule has 144 valence electrons. The fraction of sp³-hybridized carbons (Fsp3) is 0.125. The van der Waals surface area contributed by atoms with Crippen LogP contribution < -0.4 is 11.0 Å². The molecule has 0 saturated carbocycles. The molecule has 0 aliphatic rings. The summed E-state index contributed by atoms with van der Waals surface area (Å²) in [6.45, 7) is 4.13. The first-order valence-electron chi connectivity index (χ1n) is 9.62. The van der Waals surface area contributed by atoms with E-state index in [0.29, 0.717) is 16.9 Å². The van der Waals surface area contributed by atoms with Gasteiger partial charge < -0.3 is 0 Å². The fourth-order valence-electron chi connectivity index (χ4n) is 3.18. The largest absolute Gasteiger partial charge is 0.268 e. The van der Waals surface area contributed by atoms with Gasteiger partial charge in [0, 0.05) is 0 Å². The average Bonchev–Trinajstić information content (AvgIpc) is 2.75. The molecule has 4 aromatic rings. The van der Waals surface area contributed by atoms with Gasteiger partial charge in [0.15, 0.2) is 0 Å². The maximum absolute atomic E-state index is 13.3. The van der Waals surface area contributed by atoms with Crippen LogP contribution in [0.25, 0.3) is 16.6 Å². The summed E-state index contributed by atoms with van der Waals surface area (Å²) in [5.41, 5.74) is 7.54. The van der Waals surface area contributed by atoms with E-state index in [0.717, 1.165) is 23.2 Å². The molecule has 0 bridgehead atoms. The quantitative estimate of drug-likeness (QED) is 0.402. The van der Waals surface area contributed by atoms with Gasteiger partial charge in [0.1, 0.15) is 0 Å². The molecule has 29 heavy (non-hydrogen) atoms. The van der Waals surface area contributed by atoms with Gasteiger partial charge in [-0.05, 0) is 48.7 Å². The molecule has 5 nitrogen and oxygen atoms in total. The van der Waals surface area contributed by atoms with Crippen molar-refractivity contribution in [2.75, 3.05) is 5.43 Å². The number of nitrogens with one attached hydrogen (secondary N) is 1. The third-order valence-corrected chi connectivity index (χ3v) is 4.81. The fourth-order valence-corrected chi connectivity index (χ4v) is 3.18. The molecule has 0 fully saturated rings. The van der Waals surface area contributed by atoms with Gasteiger partial charge in [0.05, 0.1) is 22.8 Å². The van der Waals surface area contributed by atoms with Crippen molar-refractivity contribution in [2.24, 2.45) is 5.10 Å². The molecule has 0 radical (unpaired) electrons. The second-order valence-electron chi connectivity index (χ2n) is 6.90. The van der Waals surface area contributed by atoms with Crippen LogP contribution in [0, 0.1) is 6.92 Å². The van der Waals surface area contributed by atoms with E-state index in [2.05, 4.69) is 22.4 Å². The van der Waals surface area contributed by atoms with Crippen LogP contribution in [0.2, 0.25) is 0 Å². The summed E-state index contributed by atoms with van der Waals surface area (Å²) in [6.07, 6.45) is 2.60. The second kappa shape index (κ2) is 8.10. The lowest BCUT2D eigenvalue weighted by atomic mass is 10.1. The molecule has 1 N–H and O–H groups in total. The lowest BCUT2D eigenvalue weighted by Crippen LogP contribution is -2.22. The zero-order chi connectivity index (χ0) is 20.2. The maximum atomic E-state index is 13.3. The topological polar surface area (TPSA) is 59.3 Å². The van der Waals surface area contributed by atoms with Gasteiger partial charge in [0.25, 0.3) is 5.56 Å². The summed E-state index contributed by atoms with van der Waals surface area (Å²) in [4.78, 5) is 17.9. The number of para-hydroxylation sites is 1. The van der Waals surface area contributed by atoms with Crippen molar-refractivity contribution in [3.63, 3.8) is 0 Å². The molecule has 0 saturated heterocycles. The number of aryl methyl sites for hydroxylation is 2. The lowest BCUT2D eigenvalue weighted by Gasteiger charge is -2.13. The van der Waals surface area contributed by atoms with Gasteiger partial charge in [-0.15, -0.1) is 0 Å². The Bertz CT molecular complexity index is 1240. The number of rotatable bonds is 5. The number of fused-ring (bicyclic) bond motifs is 1. The standard InChI is InChI=1S/C24H22N4O/c1-3-18-7-6-8-20(15-18)28-23(29)21-9-4-5-10-22(21)26-24(28)27-25-16-19-13-11-17(2)12-14-19/h4-16H,3H2,1-2H3,(H,26,27)/b25-16+. The maximum Gasteiger partial charge on any atom is 0.267 e. The first-order valence-corrected chi connectivity index (χ1v) is 9.62. The molecule has 0 unspecified atom stereocenters. The Hall–Kier alpha value is -3.73. The minimum Gasteiger partial charge on any atom is -0.268 e. The minimum atomic E-state index is -0.128. The van der Waals surface area contributed by atoms with Crippen LogP contribution in [0.4, 0.5) is 5.95 Å². The minimum absolute atomic E-state index is 0.128. The smallest absolute Gasteiger partial charge is 0.267 e. The van der Waals surface area contributed by atoms with Crippen molar-refractivity contribution in [1.82, 2.24) is 9.55 Å². The van der Waals surface area contributed by atoms with Crippen molar-refractivity contribution in [2.45, 2.75) is 20.3 Å². The van der Waals surface area contributed by atoms with Crippen LogP contribution >= 0.6 is 0 Å². The molecule has 0 amide bonds. The molecular weight excluding hydrogens is 360 g/mol. The Morgan fingerprint density at radius 1 is 1.03 bits per heavy atom. The Balaban J connectivity index is 1.80. The zero-order valence-corrected chi connectivity index (χ0v) is 16.5. The molecule has 4 rings (SSSR count). The van der Waals surface area contributed by atoms with Crippen LogP contribution in [-0.2, 0) is 6.42 Å². The second-order valence-corrected chi connectivity index (χ2v) is 6.90. The highest BCUT2D eigenvalue weighted by molar-refractivity contribution is 5.81. The molecule has 1 heterocycles. The number of aromatic nitrogens is 2. The first-order chi connectivity index (χ1) is 14.2. The first kappa shape index (κ1) is 18.6. The number of benzene rings is 3. The van der Waals surface area contributed by atoms with E-state index in [4.69, 9.17) is 0 Å². The number of nitrogens with zero attached hydrogens (tertiary/aromatic N) is 3. The molecule has 5 heteroatoms. The predicted octanol–water partition coefficient (Wildman–Crippen LogP) is 4.70. The number of hydrazone groups is 1. The van der Waals surface area contributed by atoms with E-state index >= 15 is 0 Å². The summed E-state index contributed by atoms with van der Waals surface area (Å²) in [5, 5.41) is 4.89. The predicted molar refractivity (Wildman–Crippen MR) is 119 cm³/mol. The zero-order valence-electron chi connectivity index (χ0n) is 16.5. The van der Waals surface area contributed by atoms with E-state index < -0.39 is 0 Å². The van der Waals surface area contributed by atoms with Gasteiger partial charge in [-0.3, -0.25) is 4.79 Å². The average molecular weight is 382 g/mol. The number of hydrogen-bond acceptors (Lipinski definition) is 4. The highest BCUT2D eigenvalue weighted by atomic mass is 16.1. The molecule has 0 aliphatic heterocycles. The van der Waals surface area contributed by atoms with Gasteiger partial charge >= 0.3 is 0 Å². The van der Waals surface area contributed by atoms with Crippen molar-refractivity contribution in [3.05, 3.63) is 99.8 Å². The van der Waals surface area contributed by atoms with E-state index in [9.17, 15) is 4.79 Å². The van der Waals surface area contributed by atoms with Crippen LogP contribution in [0.1, 0.15) is 23.6 Å². The van der Waals surface area contributed by atoms with Gasteiger partial charge in [-0.1, -0.05) is 61.0 Å². The van der Waals surface area contributed by atoms with Crippen LogP contribution in [0.5, 0.6) is 0 Å². The van der Waals surface area contributed by atoms with Crippen LogP contribution in [-0.4, -0.2) is 15.8 Å². The molecule has 0 spiro atoms. The Labute approximate surface area is 169 Å². The Kier molecular flexibility index (Phi) is 5.20. The molecule has 1 aromatic heterocycles. The summed E-state index contributed by atoms with van der Waals surface area (Å²) in [7, 11) is 0. The highest BCUT2D eigenvalue weighted by Gasteiger charge is 2.12. The highest BCUT2D eigenvalue weighted by Crippen LogP contribution is 2.17. The van der Waals surface area contributed by atoms with E-state index in [1.807, 2.05) is 73.7 Å². The summed E-state index contributed by atoms with van der Waals surface area (Å²) in [6, 6.07) is 23.3. The van der Waals surface area contributed by atoms with E-state index in [-0.39, 0.29) is 5.56 Å². The van der Waals surface area contributed by atoms with Crippen molar-refractivity contribution >= 4 is 23.1 Å². The van der Waals surface area contributed by atoms with Crippen LogP contribution in [0.3, 0.4) is 0 Å². The third kappa shape index (κ3) is 3.94. The molecule has 3 aromatic carbocycles. The van der Waals surface area contributed by atoms with Gasteiger partial charge in [-0.25, -0.2) is 15.0 Å². The number of hydrogen-bond donors (Lipinski definition) is 1. The third-order valence-electron chi connectivity index (χ3n) is 4.81. The molecule has 0 atom stereocenters. The van der Waals surface area contributed by atoms with Gasteiger partial charge in [0.2, 0.25) is 5.95 Å². The normalized spacial score (nSPS) is 11.2. The monoisotopic (exact) mass is 382 g/mol. The Morgan fingerprint density at radius 3 is 2.62 bits per heavy atom. The summed E-state index contributed by atoms with van der Waals surface area (Å²) in [5.74, 6) is 0.380. The Morgan fingerprint density at radius 2 is 1.83 bits per heavy atom. The van der Waals surface area contributed by atoms with E-state index in [1.165, 1.54) is 5.56 Å². The molecule has 0 aliphatic carbocycles. The van der Waals surface area contributed by atoms with Crippen molar-refractivity contribution < 1.29 is 0 Å². The van der Waals surface area contributed by atoms with E-state index in [1.54, 1.807) is 16.8 Å².